The summed E-state index contributed by atoms with van der Waals surface area (Å²) in [6, 6.07) is 8.45. The van der Waals surface area contributed by atoms with Crippen molar-refractivity contribution in [1.29, 1.82) is 0 Å². The van der Waals surface area contributed by atoms with E-state index in [2.05, 4.69) is 23.5 Å². The van der Waals surface area contributed by atoms with E-state index in [0.717, 1.165) is 25.9 Å². The Labute approximate surface area is 109 Å². The highest BCUT2D eigenvalue weighted by Gasteiger charge is 2.22. The van der Waals surface area contributed by atoms with Crippen molar-refractivity contribution in [3.05, 3.63) is 35.4 Å². The number of carbonyl (C=O) groups is 1. The highest BCUT2D eigenvalue weighted by Crippen LogP contribution is 2.18. The Kier molecular flexibility index (Phi) is 3.60. The van der Waals surface area contributed by atoms with Crippen molar-refractivity contribution in [1.82, 2.24) is 10.2 Å². The lowest BCUT2D eigenvalue weighted by Gasteiger charge is -2.27. The molecule has 2 rings (SSSR count). The van der Waals surface area contributed by atoms with Gasteiger partial charge in [0.25, 0.3) is 0 Å². The van der Waals surface area contributed by atoms with Crippen LogP contribution in [0.3, 0.4) is 0 Å². The molecule has 1 N–H and O–H groups in total. The van der Waals surface area contributed by atoms with Gasteiger partial charge in [-0.15, -0.1) is 0 Å². The summed E-state index contributed by atoms with van der Waals surface area (Å²) in [5.74, 6) is 0. The number of nitrogens with one attached hydrogen (secondary N) is 1. The number of amides is 2. The summed E-state index contributed by atoms with van der Waals surface area (Å²) in [7, 11) is 0. The maximum absolute atomic E-state index is 12.2. The molecule has 1 aromatic rings. The molecule has 0 unspecified atom stereocenters. The quantitative estimate of drug-likeness (QED) is 0.750. The first kappa shape index (κ1) is 12.9. The molecule has 3 nitrogen and oxygen atoms in total. The summed E-state index contributed by atoms with van der Waals surface area (Å²) in [5.41, 5.74) is 2.48. The van der Waals surface area contributed by atoms with Crippen molar-refractivity contribution in [3.8, 4) is 0 Å². The van der Waals surface area contributed by atoms with Crippen LogP contribution in [0.2, 0.25) is 0 Å². The molecule has 0 aromatic heterocycles. The van der Waals surface area contributed by atoms with Gasteiger partial charge in [-0.05, 0) is 44.7 Å². The van der Waals surface area contributed by atoms with Crippen LogP contribution in [0.1, 0.15) is 38.3 Å². The van der Waals surface area contributed by atoms with Crippen molar-refractivity contribution in [3.63, 3.8) is 0 Å². The standard InChI is InChI=1S/C15H22N2O/c1-15(2,3)16-14(18)17-10-6-9-12-7-4-5-8-13(12)11-17/h4-5,7-8H,6,9-11H2,1-3H3,(H,16,18). The van der Waals surface area contributed by atoms with Gasteiger partial charge in [0.1, 0.15) is 0 Å². The molecule has 1 aromatic carbocycles. The summed E-state index contributed by atoms with van der Waals surface area (Å²) in [4.78, 5) is 14.1. The molecule has 1 aliphatic heterocycles. The minimum atomic E-state index is -0.178. The zero-order valence-corrected chi connectivity index (χ0v) is 11.5. The topological polar surface area (TPSA) is 32.3 Å². The molecule has 2 amide bonds. The van der Waals surface area contributed by atoms with Gasteiger partial charge in [-0.25, -0.2) is 4.79 Å². The van der Waals surface area contributed by atoms with Crippen LogP contribution in [-0.4, -0.2) is 23.0 Å². The van der Waals surface area contributed by atoms with E-state index in [-0.39, 0.29) is 11.6 Å². The Morgan fingerprint density at radius 3 is 2.56 bits per heavy atom. The van der Waals surface area contributed by atoms with Gasteiger partial charge < -0.3 is 10.2 Å². The molecular formula is C15H22N2O. The maximum Gasteiger partial charge on any atom is 0.318 e. The SMILES string of the molecule is CC(C)(C)NC(=O)N1CCCc2ccccc2C1. The molecular weight excluding hydrogens is 224 g/mol. The summed E-state index contributed by atoms with van der Waals surface area (Å²) in [6.07, 6.45) is 2.10. The van der Waals surface area contributed by atoms with Gasteiger partial charge in [0, 0.05) is 18.6 Å². The van der Waals surface area contributed by atoms with E-state index in [0.29, 0.717) is 0 Å². The van der Waals surface area contributed by atoms with Gasteiger partial charge in [-0.3, -0.25) is 0 Å². The van der Waals surface area contributed by atoms with Crippen LogP contribution in [0.5, 0.6) is 0 Å². The van der Waals surface area contributed by atoms with E-state index in [9.17, 15) is 4.79 Å². The van der Waals surface area contributed by atoms with Crippen LogP contribution in [0.4, 0.5) is 4.79 Å². The molecule has 0 atom stereocenters. The summed E-state index contributed by atoms with van der Waals surface area (Å²) in [5, 5.41) is 3.03. The zero-order valence-electron chi connectivity index (χ0n) is 11.5. The zero-order chi connectivity index (χ0) is 13.2. The molecule has 98 valence electrons. The van der Waals surface area contributed by atoms with Crippen LogP contribution in [0.15, 0.2) is 24.3 Å². The van der Waals surface area contributed by atoms with Crippen LogP contribution < -0.4 is 5.32 Å². The Morgan fingerprint density at radius 2 is 1.89 bits per heavy atom. The van der Waals surface area contributed by atoms with Gasteiger partial charge in [-0.2, -0.15) is 0 Å². The molecule has 0 spiro atoms. The van der Waals surface area contributed by atoms with Gasteiger partial charge in [0.05, 0.1) is 0 Å². The third kappa shape index (κ3) is 3.25. The number of fused-ring (bicyclic) bond motifs is 1. The fourth-order valence-corrected chi connectivity index (χ4v) is 2.27. The molecule has 0 radical (unpaired) electrons. The minimum Gasteiger partial charge on any atom is -0.333 e. The Hall–Kier alpha value is -1.51. The van der Waals surface area contributed by atoms with Crippen LogP contribution in [-0.2, 0) is 13.0 Å². The third-order valence-corrected chi connectivity index (χ3v) is 3.12. The minimum absolute atomic E-state index is 0.0409. The number of benzene rings is 1. The fourth-order valence-electron chi connectivity index (χ4n) is 2.27. The highest BCUT2D eigenvalue weighted by molar-refractivity contribution is 5.75. The van der Waals surface area contributed by atoms with Crippen LogP contribution in [0.25, 0.3) is 0 Å². The molecule has 0 aliphatic carbocycles. The number of carbonyl (C=O) groups excluding carboxylic acids is 1. The van der Waals surface area contributed by atoms with Crippen molar-refractivity contribution in [2.24, 2.45) is 0 Å². The number of nitrogens with zero attached hydrogens (tertiary/aromatic N) is 1. The van der Waals surface area contributed by atoms with E-state index >= 15 is 0 Å². The van der Waals surface area contributed by atoms with Crippen molar-refractivity contribution in [2.45, 2.75) is 45.7 Å². The molecule has 1 aliphatic rings. The summed E-state index contributed by atoms with van der Waals surface area (Å²) >= 11 is 0. The van der Waals surface area contributed by atoms with Gasteiger partial charge >= 0.3 is 6.03 Å². The van der Waals surface area contributed by atoms with Crippen molar-refractivity contribution in [2.75, 3.05) is 6.54 Å². The number of aryl methyl sites for hydroxylation is 1. The van der Waals surface area contributed by atoms with E-state index in [1.807, 2.05) is 31.7 Å². The second-order valence-electron chi connectivity index (χ2n) is 5.97. The van der Waals surface area contributed by atoms with E-state index < -0.39 is 0 Å². The molecule has 0 saturated carbocycles. The lowest BCUT2D eigenvalue weighted by atomic mass is 10.0. The first-order chi connectivity index (χ1) is 8.46. The Morgan fingerprint density at radius 1 is 1.22 bits per heavy atom. The van der Waals surface area contributed by atoms with Gasteiger partial charge in [0.15, 0.2) is 0 Å². The third-order valence-electron chi connectivity index (χ3n) is 3.12. The number of hydrogen-bond donors (Lipinski definition) is 1. The maximum atomic E-state index is 12.2. The molecule has 18 heavy (non-hydrogen) atoms. The van der Waals surface area contributed by atoms with Crippen molar-refractivity contribution < 1.29 is 4.79 Å². The molecule has 0 bridgehead atoms. The predicted molar refractivity (Wildman–Crippen MR) is 73.5 cm³/mol. The highest BCUT2D eigenvalue weighted by atomic mass is 16.2. The second-order valence-corrected chi connectivity index (χ2v) is 5.97. The van der Waals surface area contributed by atoms with Crippen LogP contribution in [0, 0.1) is 0 Å². The average molecular weight is 246 g/mol. The lowest BCUT2D eigenvalue weighted by molar-refractivity contribution is 0.186. The first-order valence-electron chi connectivity index (χ1n) is 6.59. The monoisotopic (exact) mass is 246 g/mol. The Balaban J connectivity index is 2.10. The summed E-state index contributed by atoms with van der Waals surface area (Å²) in [6.45, 7) is 7.58. The van der Waals surface area contributed by atoms with Gasteiger partial charge in [0.2, 0.25) is 0 Å². The Bertz CT molecular complexity index is 434. The summed E-state index contributed by atoms with van der Waals surface area (Å²) < 4.78 is 0. The van der Waals surface area contributed by atoms with Crippen molar-refractivity contribution >= 4 is 6.03 Å². The van der Waals surface area contributed by atoms with E-state index in [1.165, 1.54) is 11.1 Å². The number of hydrogen-bond acceptors (Lipinski definition) is 1. The predicted octanol–water partition coefficient (Wildman–Crippen LogP) is 2.94. The van der Waals surface area contributed by atoms with E-state index in [4.69, 9.17) is 0 Å². The average Bonchev–Trinajstić information content (AvgIpc) is 2.48. The molecule has 3 heteroatoms. The first-order valence-corrected chi connectivity index (χ1v) is 6.59. The largest absolute Gasteiger partial charge is 0.333 e. The smallest absolute Gasteiger partial charge is 0.318 e. The van der Waals surface area contributed by atoms with Crippen LogP contribution >= 0.6 is 0 Å². The fraction of sp³-hybridized carbons (Fsp3) is 0.533. The molecule has 1 heterocycles. The lowest BCUT2D eigenvalue weighted by Crippen LogP contribution is -2.48. The van der Waals surface area contributed by atoms with Gasteiger partial charge in [-0.1, -0.05) is 24.3 Å². The normalized spacial score (nSPS) is 15.8. The second kappa shape index (κ2) is 5.01. The molecule has 0 fully saturated rings. The van der Waals surface area contributed by atoms with E-state index in [1.54, 1.807) is 0 Å². The number of urea groups is 1. The molecule has 0 saturated heterocycles. The number of rotatable bonds is 0.